The first-order valence-corrected chi connectivity index (χ1v) is 4.67. The minimum atomic E-state index is -0.417. The van der Waals surface area contributed by atoms with E-state index in [9.17, 15) is 5.11 Å². The van der Waals surface area contributed by atoms with E-state index < -0.39 is 6.10 Å². The number of rotatable bonds is 1. The molecule has 0 aliphatic carbocycles. The van der Waals surface area contributed by atoms with E-state index in [1.54, 1.807) is 0 Å². The van der Waals surface area contributed by atoms with Crippen molar-refractivity contribution in [1.29, 1.82) is 0 Å². The number of ether oxygens (including phenoxy) is 1. The molecule has 1 aliphatic rings. The number of aliphatic hydroxyl groups is 1. The van der Waals surface area contributed by atoms with Crippen LogP contribution in [0.25, 0.3) is 0 Å². The highest BCUT2D eigenvalue weighted by atomic mass is 35.5. The van der Waals surface area contributed by atoms with Crippen molar-refractivity contribution in [2.24, 2.45) is 0 Å². The van der Waals surface area contributed by atoms with Crippen LogP contribution in [0.4, 0.5) is 0 Å². The van der Waals surface area contributed by atoms with Crippen LogP contribution < -0.4 is 0 Å². The lowest BCUT2D eigenvalue weighted by Gasteiger charge is -2.13. The van der Waals surface area contributed by atoms with Crippen molar-refractivity contribution < 1.29 is 9.84 Å². The average molecular weight is 199 g/mol. The van der Waals surface area contributed by atoms with Gasteiger partial charge in [-0.05, 0) is 11.6 Å². The molecule has 1 aromatic carbocycles. The Hall–Kier alpha value is -0.570. The standard InChI is InChI=1S/C10H11ClO2/c11-9-4-2-1-3-7(9)8-5-13-6-10(8)12/h1-4,8,10,12H,5-6H2/t8-,10+/m0/s1. The Morgan fingerprint density at radius 2 is 2.08 bits per heavy atom. The highest BCUT2D eigenvalue weighted by Crippen LogP contribution is 2.30. The second-order valence-electron chi connectivity index (χ2n) is 3.23. The molecule has 2 atom stereocenters. The molecule has 0 aromatic heterocycles. The first-order chi connectivity index (χ1) is 6.29. The summed E-state index contributed by atoms with van der Waals surface area (Å²) in [6.07, 6.45) is -0.417. The Morgan fingerprint density at radius 3 is 2.69 bits per heavy atom. The highest BCUT2D eigenvalue weighted by molar-refractivity contribution is 6.31. The van der Waals surface area contributed by atoms with Crippen LogP contribution in [0.2, 0.25) is 5.02 Å². The summed E-state index contributed by atoms with van der Waals surface area (Å²) in [5, 5.41) is 10.3. The van der Waals surface area contributed by atoms with E-state index in [0.717, 1.165) is 5.56 Å². The number of benzene rings is 1. The van der Waals surface area contributed by atoms with Crippen LogP contribution in [-0.2, 0) is 4.74 Å². The maximum atomic E-state index is 9.58. The van der Waals surface area contributed by atoms with Crippen LogP contribution in [0.3, 0.4) is 0 Å². The van der Waals surface area contributed by atoms with E-state index in [2.05, 4.69) is 0 Å². The van der Waals surface area contributed by atoms with Gasteiger partial charge in [-0.15, -0.1) is 0 Å². The summed E-state index contributed by atoms with van der Waals surface area (Å²) in [4.78, 5) is 0. The Balaban J connectivity index is 2.29. The molecule has 0 amide bonds. The summed E-state index contributed by atoms with van der Waals surface area (Å²) in [6.45, 7) is 0.973. The molecule has 0 spiro atoms. The van der Waals surface area contributed by atoms with Crippen LogP contribution in [0, 0.1) is 0 Å². The number of halogens is 1. The normalized spacial score (nSPS) is 27.8. The van der Waals surface area contributed by atoms with Gasteiger partial charge in [-0.2, -0.15) is 0 Å². The summed E-state index contributed by atoms with van der Waals surface area (Å²) < 4.78 is 5.17. The average Bonchev–Trinajstić information content (AvgIpc) is 2.52. The van der Waals surface area contributed by atoms with Gasteiger partial charge in [0, 0.05) is 10.9 Å². The molecule has 0 radical (unpaired) electrons. The maximum absolute atomic E-state index is 9.58. The van der Waals surface area contributed by atoms with Gasteiger partial charge in [0.25, 0.3) is 0 Å². The predicted octanol–water partition coefficient (Wildman–Crippen LogP) is 1.81. The SMILES string of the molecule is O[C@@H]1COC[C@H]1c1ccccc1Cl. The number of aliphatic hydroxyl groups excluding tert-OH is 1. The van der Waals surface area contributed by atoms with E-state index in [4.69, 9.17) is 16.3 Å². The van der Waals surface area contributed by atoms with Gasteiger partial charge in [0.1, 0.15) is 0 Å². The highest BCUT2D eigenvalue weighted by Gasteiger charge is 2.28. The van der Waals surface area contributed by atoms with E-state index in [1.165, 1.54) is 0 Å². The second-order valence-corrected chi connectivity index (χ2v) is 3.64. The molecule has 1 N–H and O–H groups in total. The minimum Gasteiger partial charge on any atom is -0.390 e. The minimum absolute atomic E-state index is 0.0358. The summed E-state index contributed by atoms with van der Waals surface area (Å²) in [5.41, 5.74) is 0.981. The molecule has 70 valence electrons. The largest absolute Gasteiger partial charge is 0.390 e. The summed E-state index contributed by atoms with van der Waals surface area (Å²) in [6, 6.07) is 7.58. The molecular weight excluding hydrogens is 188 g/mol. The Kier molecular flexibility index (Phi) is 2.54. The molecule has 1 fully saturated rings. The first-order valence-electron chi connectivity index (χ1n) is 4.29. The number of hydrogen-bond donors (Lipinski definition) is 1. The fourth-order valence-electron chi connectivity index (χ4n) is 1.62. The van der Waals surface area contributed by atoms with Crippen molar-refractivity contribution in [3.8, 4) is 0 Å². The van der Waals surface area contributed by atoms with Crippen LogP contribution in [0.5, 0.6) is 0 Å². The molecule has 0 bridgehead atoms. The maximum Gasteiger partial charge on any atom is 0.0864 e. The Labute approximate surface area is 82.1 Å². The fraction of sp³-hybridized carbons (Fsp3) is 0.400. The fourth-order valence-corrected chi connectivity index (χ4v) is 1.89. The first kappa shape index (κ1) is 9.00. The molecule has 1 heterocycles. The second kappa shape index (κ2) is 3.66. The van der Waals surface area contributed by atoms with Gasteiger partial charge in [-0.25, -0.2) is 0 Å². The van der Waals surface area contributed by atoms with Gasteiger partial charge in [0.2, 0.25) is 0 Å². The van der Waals surface area contributed by atoms with Gasteiger partial charge in [0.05, 0.1) is 19.3 Å². The zero-order valence-corrected chi connectivity index (χ0v) is 7.87. The topological polar surface area (TPSA) is 29.5 Å². The third kappa shape index (κ3) is 1.70. The molecule has 13 heavy (non-hydrogen) atoms. The lowest BCUT2D eigenvalue weighted by Crippen LogP contribution is -2.15. The van der Waals surface area contributed by atoms with Gasteiger partial charge >= 0.3 is 0 Å². The van der Waals surface area contributed by atoms with Crippen LogP contribution in [-0.4, -0.2) is 24.4 Å². The molecule has 2 nitrogen and oxygen atoms in total. The molecule has 1 saturated heterocycles. The Morgan fingerprint density at radius 1 is 1.31 bits per heavy atom. The van der Waals surface area contributed by atoms with Crippen molar-refractivity contribution in [1.82, 2.24) is 0 Å². The van der Waals surface area contributed by atoms with Crippen molar-refractivity contribution in [2.75, 3.05) is 13.2 Å². The van der Waals surface area contributed by atoms with Crippen LogP contribution >= 0.6 is 11.6 Å². The smallest absolute Gasteiger partial charge is 0.0864 e. The third-order valence-corrected chi connectivity index (χ3v) is 2.70. The van der Waals surface area contributed by atoms with E-state index in [1.807, 2.05) is 24.3 Å². The Bertz CT molecular complexity index is 301. The third-order valence-electron chi connectivity index (χ3n) is 2.36. The predicted molar refractivity (Wildman–Crippen MR) is 51.0 cm³/mol. The molecule has 0 unspecified atom stereocenters. The van der Waals surface area contributed by atoms with Gasteiger partial charge in [-0.1, -0.05) is 29.8 Å². The molecule has 3 heteroatoms. The molecule has 2 rings (SSSR count). The van der Waals surface area contributed by atoms with E-state index in [0.29, 0.717) is 18.2 Å². The molecule has 1 aromatic rings. The quantitative estimate of drug-likeness (QED) is 0.746. The monoisotopic (exact) mass is 198 g/mol. The molecular formula is C10H11ClO2. The molecule has 1 aliphatic heterocycles. The lowest BCUT2D eigenvalue weighted by atomic mass is 9.96. The summed E-state index contributed by atoms with van der Waals surface area (Å²) >= 11 is 6.00. The lowest BCUT2D eigenvalue weighted by molar-refractivity contribution is 0.124. The van der Waals surface area contributed by atoms with Crippen molar-refractivity contribution in [3.05, 3.63) is 34.9 Å². The molecule has 0 saturated carbocycles. The van der Waals surface area contributed by atoms with Crippen molar-refractivity contribution in [2.45, 2.75) is 12.0 Å². The van der Waals surface area contributed by atoms with Crippen molar-refractivity contribution in [3.63, 3.8) is 0 Å². The number of hydrogen-bond acceptors (Lipinski definition) is 2. The van der Waals surface area contributed by atoms with Crippen molar-refractivity contribution >= 4 is 11.6 Å². The van der Waals surface area contributed by atoms with E-state index >= 15 is 0 Å². The van der Waals surface area contributed by atoms with Crippen LogP contribution in [0.1, 0.15) is 11.5 Å². The van der Waals surface area contributed by atoms with Gasteiger partial charge in [0.15, 0.2) is 0 Å². The summed E-state index contributed by atoms with van der Waals surface area (Å²) in [7, 11) is 0. The summed E-state index contributed by atoms with van der Waals surface area (Å²) in [5.74, 6) is 0.0358. The zero-order chi connectivity index (χ0) is 9.26. The van der Waals surface area contributed by atoms with Crippen LogP contribution in [0.15, 0.2) is 24.3 Å². The van der Waals surface area contributed by atoms with E-state index in [-0.39, 0.29) is 5.92 Å². The van der Waals surface area contributed by atoms with Gasteiger partial charge in [-0.3, -0.25) is 0 Å². The zero-order valence-electron chi connectivity index (χ0n) is 7.11. The van der Waals surface area contributed by atoms with Gasteiger partial charge < -0.3 is 9.84 Å².